The SMILES string of the molecule is CCNC(=O)C(C)(C)CNC(=NC)NC1CCN(CCOC)CC1. The minimum atomic E-state index is -0.475. The van der Waals surface area contributed by atoms with Crippen LogP contribution in [0, 0.1) is 5.41 Å². The molecule has 1 saturated heterocycles. The fourth-order valence-corrected chi connectivity index (χ4v) is 2.69. The van der Waals surface area contributed by atoms with Crippen LogP contribution in [0.5, 0.6) is 0 Å². The Morgan fingerprint density at radius 2 is 1.96 bits per heavy atom. The van der Waals surface area contributed by atoms with Gasteiger partial charge in [-0.3, -0.25) is 9.79 Å². The molecule has 0 aromatic carbocycles. The van der Waals surface area contributed by atoms with E-state index in [1.165, 1.54) is 0 Å². The van der Waals surface area contributed by atoms with Gasteiger partial charge in [0.15, 0.2) is 5.96 Å². The zero-order valence-electron chi connectivity index (χ0n) is 15.9. The van der Waals surface area contributed by atoms with E-state index in [1.54, 1.807) is 14.2 Å². The number of amides is 1. The molecule has 140 valence electrons. The number of aliphatic imine (C=N–C) groups is 1. The first-order chi connectivity index (χ1) is 11.4. The Morgan fingerprint density at radius 1 is 1.29 bits per heavy atom. The van der Waals surface area contributed by atoms with Crippen LogP contribution >= 0.6 is 0 Å². The third-order valence-electron chi connectivity index (χ3n) is 4.41. The predicted molar refractivity (Wildman–Crippen MR) is 98.3 cm³/mol. The Balaban J connectivity index is 2.37. The normalized spacial score (nSPS) is 17.6. The van der Waals surface area contributed by atoms with Gasteiger partial charge in [-0.2, -0.15) is 0 Å². The minimum absolute atomic E-state index is 0.0550. The summed E-state index contributed by atoms with van der Waals surface area (Å²) < 4.78 is 5.13. The van der Waals surface area contributed by atoms with Crippen LogP contribution in [0.1, 0.15) is 33.6 Å². The van der Waals surface area contributed by atoms with Gasteiger partial charge in [0.1, 0.15) is 0 Å². The van der Waals surface area contributed by atoms with E-state index in [4.69, 9.17) is 4.74 Å². The van der Waals surface area contributed by atoms with Crippen molar-refractivity contribution in [3.8, 4) is 0 Å². The van der Waals surface area contributed by atoms with E-state index in [0.29, 0.717) is 19.1 Å². The molecule has 0 unspecified atom stereocenters. The van der Waals surface area contributed by atoms with Crippen LogP contribution in [0.25, 0.3) is 0 Å². The van der Waals surface area contributed by atoms with Gasteiger partial charge in [0, 0.05) is 52.9 Å². The molecule has 3 N–H and O–H groups in total. The van der Waals surface area contributed by atoms with Crippen LogP contribution in [0.15, 0.2) is 4.99 Å². The van der Waals surface area contributed by atoms with Gasteiger partial charge in [-0.15, -0.1) is 0 Å². The number of hydrogen-bond donors (Lipinski definition) is 3. The molecule has 0 aromatic rings. The molecule has 0 atom stereocenters. The van der Waals surface area contributed by atoms with Crippen LogP contribution in [-0.2, 0) is 9.53 Å². The van der Waals surface area contributed by atoms with E-state index >= 15 is 0 Å². The molecule has 0 spiro atoms. The maximum absolute atomic E-state index is 12.1. The van der Waals surface area contributed by atoms with Gasteiger partial charge in [0.05, 0.1) is 12.0 Å². The molecule has 1 fully saturated rings. The average molecular weight is 342 g/mol. The summed E-state index contributed by atoms with van der Waals surface area (Å²) in [5, 5.41) is 9.64. The molecule has 7 nitrogen and oxygen atoms in total. The first kappa shape index (κ1) is 20.7. The number of nitrogens with one attached hydrogen (secondary N) is 3. The zero-order valence-corrected chi connectivity index (χ0v) is 15.9. The summed E-state index contributed by atoms with van der Waals surface area (Å²) in [6.45, 7) is 10.9. The van der Waals surface area contributed by atoms with Crippen molar-refractivity contribution in [3.05, 3.63) is 0 Å². The Labute approximate surface area is 146 Å². The molecule has 0 bridgehead atoms. The molecule has 7 heteroatoms. The second kappa shape index (κ2) is 10.5. The number of rotatable bonds is 8. The molecule has 0 saturated carbocycles. The second-order valence-corrected chi connectivity index (χ2v) is 6.92. The topological polar surface area (TPSA) is 78.0 Å². The van der Waals surface area contributed by atoms with Gasteiger partial charge in [-0.1, -0.05) is 0 Å². The lowest BCUT2D eigenvalue weighted by atomic mass is 9.92. The monoisotopic (exact) mass is 341 g/mol. The van der Waals surface area contributed by atoms with Crippen LogP contribution in [-0.4, -0.2) is 76.3 Å². The number of nitrogens with zero attached hydrogens (tertiary/aromatic N) is 2. The number of hydrogen-bond acceptors (Lipinski definition) is 4. The number of likely N-dealkylation sites (tertiary alicyclic amines) is 1. The standard InChI is InChI=1S/C17H35N5O2/c1-6-19-15(23)17(2,3)13-20-16(18-4)21-14-7-9-22(10-8-14)11-12-24-5/h14H,6-13H2,1-5H3,(H,19,23)(H2,18,20,21). The Kier molecular flexibility index (Phi) is 9.07. The molecular formula is C17H35N5O2. The molecule has 0 aromatic heterocycles. The van der Waals surface area contributed by atoms with Crippen molar-refractivity contribution < 1.29 is 9.53 Å². The molecule has 1 rings (SSSR count). The Bertz CT molecular complexity index is 404. The van der Waals surface area contributed by atoms with Gasteiger partial charge in [0.25, 0.3) is 0 Å². The molecular weight excluding hydrogens is 306 g/mol. The van der Waals surface area contributed by atoms with Crippen molar-refractivity contribution in [2.45, 2.75) is 39.7 Å². The van der Waals surface area contributed by atoms with Crippen molar-refractivity contribution in [2.24, 2.45) is 10.4 Å². The maximum atomic E-state index is 12.1. The van der Waals surface area contributed by atoms with E-state index < -0.39 is 5.41 Å². The number of guanidine groups is 1. The van der Waals surface area contributed by atoms with Gasteiger partial charge in [-0.05, 0) is 33.6 Å². The molecule has 24 heavy (non-hydrogen) atoms. The predicted octanol–water partition coefficient (Wildman–Crippen LogP) is 0.425. The highest BCUT2D eigenvalue weighted by atomic mass is 16.5. The van der Waals surface area contributed by atoms with E-state index in [0.717, 1.165) is 45.0 Å². The van der Waals surface area contributed by atoms with Crippen LogP contribution in [0.4, 0.5) is 0 Å². The largest absolute Gasteiger partial charge is 0.383 e. The molecule has 1 amide bonds. The molecule has 1 aliphatic heterocycles. The minimum Gasteiger partial charge on any atom is -0.383 e. The second-order valence-electron chi connectivity index (χ2n) is 6.92. The number of methoxy groups -OCH3 is 1. The number of carbonyl (C=O) groups excluding carboxylic acids is 1. The Morgan fingerprint density at radius 3 is 2.50 bits per heavy atom. The quantitative estimate of drug-likeness (QED) is 0.441. The summed E-state index contributed by atoms with van der Waals surface area (Å²) in [6, 6.07) is 0.419. The van der Waals surface area contributed by atoms with Gasteiger partial charge in [-0.25, -0.2) is 0 Å². The zero-order chi connectivity index (χ0) is 18.0. The fourth-order valence-electron chi connectivity index (χ4n) is 2.69. The fraction of sp³-hybridized carbons (Fsp3) is 0.882. The summed E-state index contributed by atoms with van der Waals surface area (Å²) in [6.07, 6.45) is 2.17. The van der Waals surface area contributed by atoms with Gasteiger partial charge < -0.3 is 25.6 Å². The number of carbonyl (C=O) groups is 1. The summed E-state index contributed by atoms with van der Waals surface area (Å²) in [7, 11) is 3.51. The summed E-state index contributed by atoms with van der Waals surface area (Å²) in [4.78, 5) is 18.8. The van der Waals surface area contributed by atoms with Crippen LogP contribution in [0.2, 0.25) is 0 Å². The van der Waals surface area contributed by atoms with E-state index in [2.05, 4.69) is 25.8 Å². The molecule has 0 aliphatic carbocycles. The van der Waals surface area contributed by atoms with Gasteiger partial charge in [0.2, 0.25) is 5.91 Å². The highest BCUT2D eigenvalue weighted by molar-refractivity contribution is 5.84. The first-order valence-corrected chi connectivity index (χ1v) is 8.89. The summed E-state index contributed by atoms with van der Waals surface area (Å²) in [5.74, 6) is 0.821. The van der Waals surface area contributed by atoms with Crippen molar-refractivity contribution in [2.75, 3.05) is 53.5 Å². The lowest BCUT2D eigenvalue weighted by molar-refractivity contribution is -0.128. The lowest BCUT2D eigenvalue weighted by Crippen LogP contribution is -2.52. The first-order valence-electron chi connectivity index (χ1n) is 8.89. The highest BCUT2D eigenvalue weighted by Gasteiger charge is 2.27. The third kappa shape index (κ3) is 7.05. The summed E-state index contributed by atoms with van der Waals surface area (Å²) >= 11 is 0. The van der Waals surface area contributed by atoms with Crippen molar-refractivity contribution in [3.63, 3.8) is 0 Å². The lowest BCUT2D eigenvalue weighted by Gasteiger charge is -2.33. The third-order valence-corrected chi connectivity index (χ3v) is 4.41. The average Bonchev–Trinajstić information content (AvgIpc) is 2.58. The number of piperidine rings is 1. The van der Waals surface area contributed by atoms with Gasteiger partial charge >= 0.3 is 0 Å². The van der Waals surface area contributed by atoms with E-state index in [9.17, 15) is 4.79 Å². The molecule has 1 heterocycles. The Hall–Kier alpha value is -1.34. The van der Waals surface area contributed by atoms with Crippen LogP contribution in [0.3, 0.4) is 0 Å². The van der Waals surface area contributed by atoms with Crippen molar-refractivity contribution >= 4 is 11.9 Å². The van der Waals surface area contributed by atoms with Crippen LogP contribution < -0.4 is 16.0 Å². The van der Waals surface area contributed by atoms with Crippen molar-refractivity contribution in [1.82, 2.24) is 20.9 Å². The molecule has 1 aliphatic rings. The van der Waals surface area contributed by atoms with E-state index in [1.807, 2.05) is 20.8 Å². The molecule has 0 radical (unpaired) electrons. The maximum Gasteiger partial charge on any atom is 0.227 e. The highest BCUT2D eigenvalue weighted by Crippen LogP contribution is 2.14. The summed E-state index contributed by atoms with van der Waals surface area (Å²) in [5.41, 5.74) is -0.475. The van der Waals surface area contributed by atoms with E-state index in [-0.39, 0.29) is 5.91 Å². The van der Waals surface area contributed by atoms with Crippen molar-refractivity contribution in [1.29, 1.82) is 0 Å². The number of ether oxygens (including phenoxy) is 1. The smallest absolute Gasteiger partial charge is 0.227 e.